The number of nitrogens with zero attached hydrogens (tertiary/aromatic N) is 1. The summed E-state index contributed by atoms with van der Waals surface area (Å²) in [5, 5.41) is 0.663. The van der Waals surface area contributed by atoms with Gasteiger partial charge in [-0.3, -0.25) is 0 Å². The fourth-order valence-corrected chi connectivity index (χ4v) is 3.34. The molecule has 3 nitrogen and oxygen atoms in total. The molecule has 0 N–H and O–H groups in total. The van der Waals surface area contributed by atoms with Crippen molar-refractivity contribution in [2.75, 3.05) is 25.7 Å². The molecule has 1 aliphatic heterocycles. The molecule has 0 saturated carbocycles. The number of ether oxygens (including phenoxy) is 1. The van der Waals surface area contributed by atoms with E-state index in [1.165, 1.54) is 12.8 Å². The molecule has 23 heavy (non-hydrogen) atoms. The third kappa shape index (κ3) is 4.12. The van der Waals surface area contributed by atoms with Crippen molar-refractivity contribution in [2.45, 2.75) is 19.3 Å². The average molecular weight is 352 g/mol. The largest absolute Gasteiger partial charge is 0.466 e. The van der Waals surface area contributed by atoms with Crippen LogP contribution in [0, 0.1) is 0 Å². The monoisotopic (exact) mass is 351 g/mol. The van der Waals surface area contributed by atoms with E-state index >= 15 is 0 Å². The van der Waals surface area contributed by atoms with Crippen LogP contribution in [0.1, 0.15) is 24.8 Å². The van der Waals surface area contributed by atoms with E-state index in [-0.39, 0.29) is 11.9 Å². The molecule has 0 amide bonds. The molecule has 2 rings (SSSR count). The zero-order valence-electron chi connectivity index (χ0n) is 13.7. The van der Waals surface area contributed by atoms with Crippen LogP contribution in [0.3, 0.4) is 0 Å². The molecule has 1 aromatic carbocycles. The number of carbonyl (C=O) groups is 1. The molecule has 0 fully saturated rings. The minimum Gasteiger partial charge on any atom is -0.466 e. The number of thioether (sulfide) groups is 1. The van der Waals surface area contributed by atoms with Crippen LogP contribution >= 0.6 is 23.4 Å². The van der Waals surface area contributed by atoms with Crippen molar-refractivity contribution in [2.24, 2.45) is 0 Å². The summed E-state index contributed by atoms with van der Waals surface area (Å²) in [6.07, 6.45) is 7.04. The molecular formula is C18H22ClNO2S. The maximum absolute atomic E-state index is 12.3. The molecule has 0 bridgehead atoms. The van der Waals surface area contributed by atoms with Crippen LogP contribution in [0.25, 0.3) is 0 Å². The van der Waals surface area contributed by atoms with Crippen LogP contribution in [-0.2, 0) is 9.53 Å². The second kappa shape index (κ2) is 8.46. The number of benzene rings is 1. The van der Waals surface area contributed by atoms with Gasteiger partial charge in [-0.2, -0.15) is 11.8 Å². The van der Waals surface area contributed by atoms with Gasteiger partial charge in [-0.05, 0) is 24.3 Å². The van der Waals surface area contributed by atoms with Gasteiger partial charge in [0.25, 0.3) is 0 Å². The van der Waals surface area contributed by atoms with E-state index in [4.69, 9.17) is 16.3 Å². The maximum Gasteiger partial charge on any atom is 0.336 e. The lowest BCUT2D eigenvalue weighted by molar-refractivity contribution is -0.136. The second-order valence-electron chi connectivity index (χ2n) is 5.27. The van der Waals surface area contributed by atoms with Crippen LogP contribution in [0.5, 0.6) is 0 Å². The standard InChI is InChI=1S/C18H22ClNO2S/c1-4-13-11-15(14-7-5-6-8-17(14)19)16(18(21)22-2)12-20(13)9-10-23-3/h5-8,11-12,15H,4,9-10H2,1-3H3. The Morgan fingerprint density at radius 1 is 1.39 bits per heavy atom. The average Bonchev–Trinajstić information content (AvgIpc) is 2.59. The number of esters is 1. The Morgan fingerprint density at radius 2 is 2.13 bits per heavy atom. The summed E-state index contributed by atoms with van der Waals surface area (Å²) in [4.78, 5) is 14.4. The van der Waals surface area contributed by atoms with Crippen molar-refractivity contribution in [3.8, 4) is 0 Å². The predicted octanol–water partition coefficient (Wildman–Crippen LogP) is 4.45. The van der Waals surface area contributed by atoms with E-state index in [0.29, 0.717) is 10.6 Å². The summed E-state index contributed by atoms with van der Waals surface area (Å²) in [5.74, 6) is 0.520. The summed E-state index contributed by atoms with van der Waals surface area (Å²) >= 11 is 8.14. The summed E-state index contributed by atoms with van der Waals surface area (Å²) in [6.45, 7) is 3.00. The van der Waals surface area contributed by atoms with Gasteiger partial charge in [-0.15, -0.1) is 0 Å². The number of rotatable bonds is 6. The van der Waals surface area contributed by atoms with E-state index in [1.54, 1.807) is 11.8 Å². The van der Waals surface area contributed by atoms with Gasteiger partial charge in [0.2, 0.25) is 0 Å². The van der Waals surface area contributed by atoms with Crippen molar-refractivity contribution in [1.29, 1.82) is 0 Å². The Morgan fingerprint density at radius 3 is 2.74 bits per heavy atom. The molecular weight excluding hydrogens is 330 g/mol. The zero-order chi connectivity index (χ0) is 16.8. The Bertz CT molecular complexity index is 627. The van der Waals surface area contributed by atoms with Gasteiger partial charge in [0.1, 0.15) is 0 Å². The fraction of sp³-hybridized carbons (Fsp3) is 0.389. The third-order valence-electron chi connectivity index (χ3n) is 3.92. The quantitative estimate of drug-likeness (QED) is 0.708. The van der Waals surface area contributed by atoms with Crippen molar-refractivity contribution >= 4 is 29.3 Å². The molecule has 0 saturated heterocycles. The first-order valence-corrected chi connectivity index (χ1v) is 9.40. The van der Waals surface area contributed by atoms with E-state index in [2.05, 4.69) is 24.2 Å². The molecule has 124 valence electrons. The Kier molecular flexibility index (Phi) is 6.60. The highest BCUT2D eigenvalue weighted by Crippen LogP contribution is 2.37. The Labute approximate surface area is 147 Å². The molecule has 0 aromatic heterocycles. The van der Waals surface area contributed by atoms with Gasteiger partial charge in [0.05, 0.1) is 12.7 Å². The molecule has 0 radical (unpaired) electrons. The van der Waals surface area contributed by atoms with Crippen LogP contribution in [0.15, 0.2) is 47.8 Å². The minimum absolute atomic E-state index is 0.170. The third-order valence-corrected chi connectivity index (χ3v) is 4.85. The second-order valence-corrected chi connectivity index (χ2v) is 6.67. The molecule has 0 spiro atoms. The number of methoxy groups -OCH3 is 1. The summed E-state index contributed by atoms with van der Waals surface area (Å²) in [7, 11) is 1.41. The number of hydrogen-bond acceptors (Lipinski definition) is 4. The lowest BCUT2D eigenvalue weighted by Crippen LogP contribution is -2.28. The van der Waals surface area contributed by atoms with E-state index in [9.17, 15) is 4.79 Å². The lowest BCUT2D eigenvalue weighted by atomic mass is 9.88. The van der Waals surface area contributed by atoms with Crippen LogP contribution in [-0.4, -0.2) is 36.5 Å². The molecule has 1 aliphatic rings. The van der Waals surface area contributed by atoms with Gasteiger partial charge < -0.3 is 9.64 Å². The van der Waals surface area contributed by atoms with Crippen molar-refractivity contribution < 1.29 is 9.53 Å². The van der Waals surface area contributed by atoms with Gasteiger partial charge >= 0.3 is 5.97 Å². The first-order chi connectivity index (χ1) is 11.1. The van der Waals surface area contributed by atoms with E-state index in [0.717, 1.165) is 24.3 Å². The predicted molar refractivity (Wildman–Crippen MR) is 97.8 cm³/mol. The van der Waals surface area contributed by atoms with E-state index in [1.807, 2.05) is 30.5 Å². The van der Waals surface area contributed by atoms with Gasteiger partial charge in [0, 0.05) is 35.1 Å². The maximum atomic E-state index is 12.3. The molecule has 1 heterocycles. The minimum atomic E-state index is -0.310. The summed E-state index contributed by atoms with van der Waals surface area (Å²) in [6, 6.07) is 7.65. The van der Waals surface area contributed by atoms with Gasteiger partial charge in [-0.1, -0.05) is 42.8 Å². The molecule has 1 unspecified atom stereocenters. The van der Waals surface area contributed by atoms with Crippen LogP contribution in [0.2, 0.25) is 5.02 Å². The van der Waals surface area contributed by atoms with Crippen molar-refractivity contribution in [3.05, 3.63) is 58.4 Å². The smallest absolute Gasteiger partial charge is 0.336 e. The normalized spacial score (nSPS) is 17.6. The molecule has 0 aliphatic carbocycles. The molecule has 5 heteroatoms. The van der Waals surface area contributed by atoms with Crippen LogP contribution < -0.4 is 0 Å². The highest BCUT2D eigenvalue weighted by molar-refractivity contribution is 7.98. The highest BCUT2D eigenvalue weighted by atomic mass is 35.5. The zero-order valence-corrected chi connectivity index (χ0v) is 15.3. The molecule has 1 aromatic rings. The number of carbonyl (C=O) groups excluding carboxylic acids is 1. The lowest BCUT2D eigenvalue weighted by Gasteiger charge is -2.31. The van der Waals surface area contributed by atoms with Crippen molar-refractivity contribution in [1.82, 2.24) is 4.90 Å². The first-order valence-electron chi connectivity index (χ1n) is 7.63. The van der Waals surface area contributed by atoms with Crippen molar-refractivity contribution in [3.63, 3.8) is 0 Å². The number of hydrogen-bond donors (Lipinski definition) is 0. The number of allylic oxidation sites excluding steroid dienone is 2. The molecule has 1 atom stereocenters. The highest BCUT2D eigenvalue weighted by Gasteiger charge is 2.29. The summed E-state index contributed by atoms with van der Waals surface area (Å²) in [5.41, 5.74) is 2.76. The Balaban J connectivity index is 2.45. The van der Waals surface area contributed by atoms with Gasteiger partial charge in [-0.25, -0.2) is 4.79 Å². The topological polar surface area (TPSA) is 29.5 Å². The first kappa shape index (κ1) is 18.0. The van der Waals surface area contributed by atoms with Gasteiger partial charge in [0.15, 0.2) is 0 Å². The fourth-order valence-electron chi connectivity index (χ4n) is 2.71. The SMILES string of the molecule is CCC1=CC(c2ccccc2Cl)C(C(=O)OC)=CN1CCSC. The number of halogens is 1. The Hall–Kier alpha value is -1.39. The van der Waals surface area contributed by atoms with Crippen LogP contribution in [0.4, 0.5) is 0 Å². The van der Waals surface area contributed by atoms with E-state index < -0.39 is 0 Å². The summed E-state index contributed by atoms with van der Waals surface area (Å²) < 4.78 is 4.99.